The smallest absolute Gasteiger partial charge is 0.330 e. The van der Waals surface area contributed by atoms with Gasteiger partial charge in [-0.25, -0.2) is 4.79 Å². The molecule has 1 atom stereocenters. The highest BCUT2D eigenvalue weighted by Gasteiger charge is 2.40. The van der Waals surface area contributed by atoms with Gasteiger partial charge >= 0.3 is 5.97 Å². The Morgan fingerprint density at radius 3 is 2.47 bits per heavy atom. The van der Waals surface area contributed by atoms with Crippen LogP contribution in [-0.2, 0) is 15.1 Å². The number of carbonyl (C=O) groups is 1. The number of hydrogen-bond acceptors (Lipinski definition) is 3. The first kappa shape index (κ1) is 12.4. The first-order valence-electron chi connectivity index (χ1n) is 5.68. The van der Waals surface area contributed by atoms with Crippen LogP contribution in [-0.4, -0.2) is 19.1 Å². The molecular weight excluding hydrogens is 238 g/mol. The maximum Gasteiger partial charge on any atom is 0.330 e. The summed E-state index contributed by atoms with van der Waals surface area (Å²) in [5.41, 5.74) is 0.0844. The van der Waals surface area contributed by atoms with Gasteiger partial charge in [0.05, 0.1) is 7.11 Å². The van der Waals surface area contributed by atoms with E-state index in [1.54, 1.807) is 12.1 Å². The van der Waals surface area contributed by atoms with Gasteiger partial charge in [-0.2, -0.15) is 0 Å². The lowest BCUT2D eigenvalue weighted by Gasteiger charge is -2.28. The molecule has 0 spiro atoms. The Balaban J connectivity index is 2.30. The summed E-state index contributed by atoms with van der Waals surface area (Å²) in [7, 11) is 1.41. The molecule has 17 heavy (non-hydrogen) atoms. The molecule has 1 saturated carbocycles. The number of carbonyl (C=O) groups excluding carboxylic acids is 1. The van der Waals surface area contributed by atoms with E-state index in [2.05, 4.69) is 5.32 Å². The molecule has 0 heterocycles. The van der Waals surface area contributed by atoms with Gasteiger partial charge in [-0.1, -0.05) is 23.7 Å². The summed E-state index contributed by atoms with van der Waals surface area (Å²) in [6.07, 6.45) is 2.22. The molecule has 0 aliphatic heterocycles. The third-order valence-electron chi connectivity index (χ3n) is 3.09. The third kappa shape index (κ3) is 2.61. The Bertz CT molecular complexity index is 414. The summed E-state index contributed by atoms with van der Waals surface area (Å²) in [4.78, 5) is 12.0. The Morgan fingerprint density at radius 1 is 1.41 bits per heavy atom. The maximum atomic E-state index is 12.0. The fraction of sp³-hybridized carbons (Fsp3) is 0.462. The monoisotopic (exact) mass is 253 g/mol. The van der Waals surface area contributed by atoms with Gasteiger partial charge in [-0.3, -0.25) is 5.32 Å². The number of nitrogens with one attached hydrogen (secondary N) is 1. The molecule has 92 valence electrons. The molecule has 1 aliphatic rings. The highest BCUT2D eigenvalue weighted by Crippen LogP contribution is 2.30. The summed E-state index contributed by atoms with van der Waals surface area (Å²) >= 11 is 5.86. The lowest BCUT2D eigenvalue weighted by molar-refractivity contribution is -0.148. The molecule has 1 fully saturated rings. The van der Waals surface area contributed by atoms with Crippen LogP contribution in [0.15, 0.2) is 24.3 Å². The van der Waals surface area contributed by atoms with Crippen molar-refractivity contribution >= 4 is 17.6 Å². The van der Waals surface area contributed by atoms with E-state index in [1.807, 2.05) is 19.1 Å². The molecule has 1 aliphatic carbocycles. The van der Waals surface area contributed by atoms with Crippen molar-refractivity contribution in [3.05, 3.63) is 34.9 Å². The SMILES string of the molecule is COC(=O)C(C)(NC1CC1)c1ccc(Cl)cc1. The fourth-order valence-corrected chi connectivity index (χ4v) is 2.01. The molecule has 0 bridgehead atoms. The summed E-state index contributed by atoms with van der Waals surface area (Å²) in [6.45, 7) is 1.85. The van der Waals surface area contributed by atoms with E-state index < -0.39 is 5.54 Å². The zero-order valence-corrected chi connectivity index (χ0v) is 10.8. The predicted octanol–water partition coefficient (Wildman–Crippen LogP) is 2.48. The molecule has 1 aromatic carbocycles. The minimum atomic E-state index is -0.791. The van der Waals surface area contributed by atoms with E-state index in [0.29, 0.717) is 11.1 Å². The second-order valence-corrected chi connectivity index (χ2v) is 4.98. The summed E-state index contributed by atoms with van der Waals surface area (Å²) in [5.74, 6) is -0.272. The van der Waals surface area contributed by atoms with Crippen molar-refractivity contribution in [3.63, 3.8) is 0 Å². The number of ether oxygens (including phenoxy) is 1. The molecule has 0 radical (unpaired) electrons. The highest BCUT2D eigenvalue weighted by molar-refractivity contribution is 6.30. The zero-order chi connectivity index (χ0) is 12.5. The van der Waals surface area contributed by atoms with Gasteiger partial charge in [0, 0.05) is 11.1 Å². The average molecular weight is 254 g/mol. The van der Waals surface area contributed by atoms with E-state index in [9.17, 15) is 4.79 Å². The van der Waals surface area contributed by atoms with Crippen molar-refractivity contribution in [2.45, 2.75) is 31.3 Å². The molecule has 0 aromatic heterocycles. The molecule has 1 aromatic rings. The quantitative estimate of drug-likeness (QED) is 0.838. The standard InChI is InChI=1S/C13H16ClNO2/c1-13(12(16)17-2,15-11-7-8-11)9-3-5-10(14)6-4-9/h3-6,11,15H,7-8H2,1-2H3. The van der Waals surface area contributed by atoms with Crippen molar-refractivity contribution in [3.8, 4) is 0 Å². The Morgan fingerprint density at radius 2 is 2.00 bits per heavy atom. The van der Waals surface area contributed by atoms with Crippen molar-refractivity contribution < 1.29 is 9.53 Å². The Hall–Kier alpha value is -1.06. The van der Waals surface area contributed by atoms with Gasteiger partial charge in [-0.15, -0.1) is 0 Å². The van der Waals surface area contributed by atoms with E-state index in [4.69, 9.17) is 16.3 Å². The normalized spacial score (nSPS) is 18.5. The zero-order valence-electron chi connectivity index (χ0n) is 10.00. The molecule has 3 nitrogen and oxygen atoms in total. The summed E-state index contributed by atoms with van der Waals surface area (Å²) in [5, 5.41) is 4.00. The summed E-state index contributed by atoms with van der Waals surface area (Å²) < 4.78 is 4.89. The van der Waals surface area contributed by atoms with Crippen LogP contribution in [0.2, 0.25) is 5.02 Å². The molecule has 0 saturated heterocycles. The minimum absolute atomic E-state index is 0.272. The van der Waals surface area contributed by atoms with E-state index in [1.165, 1.54) is 7.11 Å². The van der Waals surface area contributed by atoms with Crippen LogP contribution in [0.3, 0.4) is 0 Å². The van der Waals surface area contributed by atoms with E-state index in [0.717, 1.165) is 18.4 Å². The van der Waals surface area contributed by atoms with Gasteiger partial charge in [0.1, 0.15) is 5.54 Å². The van der Waals surface area contributed by atoms with Gasteiger partial charge in [0.2, 0.25) is 0 Å². The van der Waals surface area contributed by atoms with E-state index >= 15 is 0 Å². The third-order valence-corrected chi connectivity index (χ3v) is 3.34. The first-order valence-corrected chi connectivity index (χ1v) is 6.06. The average Bonchev–Trinajstić information content (AvgIpc) is 3.12. The number of hydrogen-bond donors (Lipinski definition) is 1. The van der Waals surface area contributed by atoms with Gasteiger partial charge in [0.25, 0.3) is 0 Å². The molecule has 4 heteroatoms. The topological polar surface area (TPSA) is 38.3 Å². The number of rotatable bonds is 4. The van der Waals surface area contributed by atoms with E-state index in [-0.39, 0.29) is 5.97 Å². The van der Waals surface area contributed by atoms with Gasteiger partial charge in [0.15, 0.2) is 0 Å². The van der Waals surface area contributed by atoms with Crippen molar-refractivity contribution in [2.24, 2.45) is 0 Å². The lowest BCUT2D eigenvalue weighted by Crippen LogP contribution is -2.48. The lowest BCUT2D eigenvalue weighted by atomic mass is 9.92. The molecular formula is C13H16ClNO2. The number of halogens is 1. The van der Waals surface area contributed by atoms with Crippen molar-refractivity contribution in [1.29, 1.82) is 0 Å². The van der Waals surface area contributed by atoms with Crippen molar-refractivity contribution in [2.75, 3.05) is 7.11 Å². The second kappa shape index (κ2) is 4.67. The first-order chi connectivity index (χ1) is 8.06. The fourth-order valence-electron chi connectivity index (χ4n) is 1.88. The maximum absolute atomic E-state index is 12.0. The van der Waals surface area contributed by atoms with Crippen molar-refractivity contribution in [1.82, 2.24) is 5.32 Å². The number of esters is 1. The Labute approximate surface area is 106 Å². The largest absolute Gasteiger partial charge is 0.467 e. The number of methoxy groups -OCH3 is 1. The highest BCUT2D eigenvalue weighted by atomic mass is 35.5. The predicted molar refractivity (Wildman–Crippen MR) is 67.0 cm³/mol. The van der Waals surface area contributed by atoms with Gasteiger partial charge < -0.3 is 4.74 Å². The van der Waals surface area contributed by atoms with Crippen LogP contribution in [0.5, 0.6) is 0 Å². The van der Waals surface area contributed by atoms with Crippen LogP contribution in [0, 0.1) is 0 Å². The van der Waals surface area contributed by atoms with Crippen LogP contribution < -0.4 is 5.32 Å². The Kier molecular flexibility index (Phi) is 3.40. The molecule has 1 unspecified atom stereocenters. The molecule has 1 N–H and O–H groups in total. The van der Waals surface area contributed by atoms with Crippen LogP contribution >= 0.6 is 11.6 Å². The van der Waals surface area contributed by atoms with Gasteiger partial charge in [-0.05, 0) is 37.5 Å². The van der Waals surface area contributed by atoms with Crippen LogP contribution in [0.25, 0.3) is 0 Å². The second-order valence-electron chi connectivity index (χ2n) is 4.54. The minimum Gasteiger partial charge on any atom is -0.467 e. The number of benzene rings is 1. The molecule has 2 rings (SSSR count). The molecule has 0 amide bonds. The summed E-state index contributed by atoms with van der Waals surface area (Å²) in [6, 6.07) is 7.69. The van der Waals surface area contributed by atoms with Crippen LogP contribution in [0.4, 0.5) is 0 Å². The van der Waals surface area contributed by atoms with Crippen LogP contribution in [0.1, 0.15) is 25.3 Å².